The van der Waals surface area contributed by atoms with Crippen molar-refractivity contribution in [2.24, 2.45) is 0 Å². The first kappa shape index (κ1) is 17.3. The number of aryl methyl sites for hydroxylation is 2. The Labute approximate surface area is 157 Å². The second-order valence-corrected chi connectivity index (χ2v) is 7.78. The molecular formula is C21H22N2O2S. The molecule has 1 aliphatic rings. The van der Waals surface area contributed by atoms with Crippen molar-refractivity contribution in [1.82, 2.24) is 9.55 Å². The lowest BCUT2D eigenvalue weighted by Gasteiger charge is -2.16. The molecule has 2 aromatic carbocycles. The normalized spacial score (nSPS) is 17.1. The molecule has 134 valence electrons. The molecule has 1 saturated heterocycles. The van der Waals surface area contributed by atoms with Crippen molar-refractivity contribution in [2.75, 3.05) is 12.4 Å². The van der Waals surface area contributed by atoms with E-state index < -0.39 is 0 Å². The molecule has 4 rings (SSSR count). The van der Waals surface area contributed by atoms with Crippen LogP contribution in [0.5, 0.6) is 0 Å². The van der Waals surface area contributed by atoms with Gasteiger partial charge < -0.3 is 4.74 Å². The number of hydrogen-bond acceptors (Lipinski definition) is 4. The molecule has 1 aliphatic heterocycles. The van der Waals surface area contributed by atoms with Gasteiger partial charge in [-0.3, -0.25) is 9.36 Å². The van der Waals surface area contributed by atoms with Gasteiger partial charge in [-0.25, -0.2) is 4.98 Å². The van der Waals surface area contributed by atoms with Crippen molar-refractivity contribution >= 4 is 22.7 Å². The molecule has 1 fully saturated rings. The van der Waals surface area contributed by atoms with Crippen molar-refractivity contribution in [1.29, 1.82) is 0 Å². The van der Waals surface area contributed by atoms with E-state index in [0.29, 0.717) is 5.39 Å². The lowest BCUT2D eigenvalue weighted by molar-refractivity contribution is 0.129. The minimum absolute atomic E-state index is 0.0163. The standard InChI is InChI=1S/C21H22N2O2S/c1-14-9-10-19(15(2)12-14)23-20(24)17-7-3-4-8-18(17)22-21(23)26-13-16-6-5-11-25-16/h3-4,7-10,12,16H,5-6,11,13H2,1-2H3/t16-/m0/s1. The zero-order valence-corrected chi connectivity index (χ0v) is 15.9. The Balaban J connectivity index is 1.85. The van der Waals surface area contributed by atoms with Crippen LogP contribution in [0.2, 0.25) is 0 Å². The molecule has 4 nitrogen and oxygen atoms in total. The van der Waals surface area contributed by atoms with E-state index in [1.807, 2.05) is 43.3 Å². The third kappa shape index (κ3) is 3.29. The maximum atomic E-state index is 13.3. The Morgan fingerprint density at radius 3 is 2.85 bits per heavy atom. The fourth-order valence-corrected chi connectivity index (χ4v) is 4.49. The van der Waals surface area contributed by atoms with E-state index in [4.69, 9.17) is 9.72 Å². The number of nitrogens with zero attached hydrogens (tertiary/aromatic N) is 2. The zero-order valence-electron chi connectivity index (χ0n) is 15.1. The summed E-state index contributed by atoms with van der Waals surface area (Å²) in [5, 5.41) is 1.38. The van der Waals surface area contributed by atoms with Gasteiger partial charge in [0.2, 0.25) is 0 Å². The second kappa shape index (κ2) is 7.25. The minimum Gasteiger partial charge on any atom is -0.377 e. The summed E-state index contributed by atoms with van der Waals surface area (Å²) in [4.78, 5) is 18.1. The minimum atomic E-state index is -0.0163. The predicted molar refractivity (Wildman–Crippen MR) is 107 cm³/mol. The van der Waals surface area contributed by atoms with Crippen molar-refractivity contribution in [3.63, 3.8) is 0 Å². The van der Waals surface area contributed by atoms with Gasteiger partial charge in [-0.05, 0) is 50.5 Å². The van der Waals surface area contributed by atoms with E-state index in [1.54, 1.807) is 16.3 Å². The molecular weight excluding hydrogens is 344 g/mol. The Morgan fingerprint density at radius 1 is 1.23 bits per heavy atom. The molecule has 3 aromatic rings. The number of rotatable bonds is 4. The molecule has 0 amide bonds. The average molecular weight is 366 g/mol. The molecule has 5 heteroatoms. The van der Waals surface area contributed by atoms with Gasteiger partial charge in [0.15, 0.2) is 5.16 Å². The maximum Gasteiger partial charge on any atom is 0.266 e. The Bertz CT molecular complexity index is 1010. The number of para-hydroxylation sites is 1. The van der Waals surface area contributed by atoms with Crippen molar-refractivity contribution in [3.05, 3.63) is 63.9 Å². The van der Waals surface area contributed by atoms with Gasteiger partial charge in [-0.2, -0.15) is 0 Å². The molecule has 0 bridgehead atoms. The van der Waals surface area contributed by atoms with Crippen molar-refractivity contribution < 1.29 is 4.74 Å². The summed E-state index contributed by atoms with van der Waals surface area (Å²) < 4.78 is 7.50. The van der Waals surface area contributed by atoms with Crippen LogP contribution in [-0.2, 0) is 4.74 Å². The third-order valence-corrected chi connectivity index (χ3v) is 5.83. The van der Waals surface area contributed by atoms with Crippen LogP contribution in [0.15, 0.2) is 52.4 Å². The molecule has 0 unspecified atom stereocenters. The van der Waals surface area contributed by atoms with E-state index in [0.717, 1.165) is 47.1 Å². The number of thioether (sulfide) groups is 1. The van der Waals surface area contributed by atoms with Gasteiger partial charge in [-0.1, -0.05) is 41.6 Å². The first-order valence-corrected chi connectivity index (χ1v) is 9.96. The molecule has 2 heterocycles. The smallest absolute Gasteiger partial charge is 0.266 e. The molecule has 1 aromatic heterocycles. The van der Waals surface area contributed by atoms with Crippen LogP contribution in [0.3, 0.4) is 0 Å². The van der Waals surface area contributed by atoms with Crippen molar-refractivity contribution in [3.8, 4) is 5.69 Å². The monoisotopic (exact) mass is 366 g/mol. The van der Waals surface area contributed by atoms with Gasteiger partial charge in [0.1, 0.15) is 0 Å². The summed E-state index contributed by atoms with van der Waals surface area (Å²) in [6.07, 6.45) is 2.44. The number of aromatic nitrogens is 2. The highest BCUT2D eigenvalue weighted by Gasteiger charge is 2.19. The van der Waals surface area contributed by atoms with Crippen LogP contribution in [-0.4, -0.2) is 28.0 Å². The van der Waals surface area contributed by atoms with Gasteiger partial charge in [-0.15, -0.1) is 0 Å². The molecule has 0 radical (unpaired) electrons. The summed E-state index contributed by atoms with van der Waals surface area (Å²) in [5.41, 5.74) is 3.88. The SMILES string of the molecule is Cc1ccc(-n2c(SC[C@@H]3CCCO3)nc3ccccc3c2=O)c(C)c1. The molecule has 0 saturated carbocycles. The number of hydrogen-bond donors (Lipinski definition) is 0. The maximum absolute atomic E-state index is 13.3. The Morgan fingerprint density at radius 2 is 2.08 bits per heavy atom. The Hall–Kier alpha value is -2.11. The summed E-state index contributed by atoms with van der Waals surface area (Å²) in [6, 6.07) is 13.7. The lowest BCUT2D eigenvalue weighted by atomic mass is 10.1. The highest BCUT2D eigenvalue weighted by Crippen LogP contribution is 2.26. The van der Waals surface area contributed by atoms with Crippen LogP contribution in [0.1, 0.15) is 24.0 Å². The van der Waals surface area contributed by atoms with Gasteiger partial charge in [0.05, 0.1) is 22.7 Å². The third-order valence-electron chi connectivity index (χ3n) is 4.76. The van der Waals surface area contributed by atoms with Crippen LogP contribution < -0.4 is 5.56 Å². The van der Waals surface area contributed by atoms with E-state index >= 15 is 0 Å². The van der Waals surface area contributed by atoms with E-state index in [-0.39, 0.29) is 11.7 Å². The second-order valence-electron chi connectivity index (χ2n) is 6.79. The molecule has 26 heavy (non-hydrogen) atoms. The molecule has 1 atom stereocenters. The van der Waals surface area contributed by atoms with Crippen LogP contribution in [0, 0.1) is 13.8 Å². The van der Waals surface area contributed by atoms with Crippen LogP contribution >= 0.6 is 11.8 Å². The van der Waals surface area contributed by atoms with Crippen LogP contribution in [0.25, 0.3) is 16.6 Å². The zero-order chi connectivity index (χ0) is 18.1. The molecule has 0 N–H and O–H groups in total. The van der Waals surface area contributed by atoms with Gasteiger partial charge in [0.25, 0.3) is 5.56 Å². The summed E-state index contributed by atoms with van der Waals surface area (Å²) in [6.45, 7) is 4.93. The Kier molecular flexibility index (Phi) is 4.83. The fourth-order valence-electron chi connectivity index (χ4n) is 3.42. The van der Waals surface area contributed by atoms with E-state index in [1.165, 1.54) is 5.56 Å². The number of fused-ring (bicyclic) bond motifs is 1. The van der Waals surface area contributed by atoms with E-state index in [2.05, 4.69) is 13.0 Å². The highest BCUT2D eigenvalue weighted by molar-refractivity contribution is 7.99. The number of benzene rings is 2. The number of ether oxygens (including phenoxy) is 1. The summed E-state index contributed by atoms with van der Waals surface area (Å²) in [5.74, 6) is 0.815. The largest absolute Gasteiger partial charge is 0.377 e. The van der Waals surface area contributed by atoms with E-state index in [9.17, 15) is 4.79 Å². The average Bonchev–Trinajstić information content (AvgIpc) is 3.15. The van der Waals surface area contributed by atoms with Gasteiger partial charge >= 0.3 is 0 Å². The predicted octanol–water partition coefficient (Wildman–Crippen LogP) is 4.27. The molecule has 0 spiro atoms. The highest BCUT2D eigenvalue weighted by atomic mass is 32.2. The summed E-state index contributed by atoms with van der Waals surface area (Å²) >= 11 is 1.61. The lowest BCUT2D eigenvalue weighted by Crippen LogP contribution is -2.23. The van der Waals surface area contributed by atoms with Crippen molar-refractivity contribution in [2.45, 2.75) is 37.9 Å². The van der Waals surface area contributed by atoms with Crippen LogP contribution in [0.4, 0.5) is 0 Å². The summed E-state index contributed by atoms with van der Waals surface area (Å²) in [7, 11) is 0. The van der Waals surface area contributed by atoms with Gasteiger partial charge in [0, 0.05) is 12.4 Å². The quantitative estimate of drug-likeness (QED) is 0.511. The fraction of sp³-hybridized carbons (Fsp3) is 0.333. The first-order valence-electron chi connectivity index (χ1n) is 8.97. The molecule has 0 aliphatic carbocycles. The topological polar surface area (TPSA) is 44.1 Å². The first-order chi connectivity index (χ1) is 12.6.